The summed E-state index contributed by atoms with van der Waals surface area (Å²) < 4.78 is 7.05. The van der Waals surface area contributed by atoms with E-state index in [0.29, 0.717) is 37.9 Å². The number of rotatable bonds is 5. The minimum Gasteiger partial charge on any atom is -0.393 e. The fourth-order valence-corrected chi connectivity index (χ4v) is 2.96. The first-order valence-corrected chi connectivity index (χ1v) is 8.86. The highest BCUT2D eigenvalue weighted by Gasteiger charge is 2.19. The first-order chi connectivity index (χ1) is 13.2. The molecule has 1 fully saturated rings. The van der Waals surface area contributed by atoms with Crippen molar-refractivity contribution in [3.8, 4) is 17.1 Å². The maximum absolute atomic E-state index is 10.1. The molecule has 1 aliphatic rings. The smallest absolute Gasteiger partial charge is 0.164 e. The molecular formula is C19H21N5O3. The van der Waals surface area contributed by atoms with Crippen LogP contribution in [0.4, 0.5) is 5.82 Å². The van der Waals surface area contributed by atoms with Gasteiger partial charge in [-0.1, -0.05) is 30.3 Å². The number of anilines is 1. The summed E-state index contributed by atoms with van der Waals surface area (Å²) in [5.74, 6) is 1.40. The van der Waals surface area contributed by atoms with Crippen molar-refractivity contribution in [2.24, 2.45) is 0 Å². The molecular weight excluding hydrogens is 346 g/mol. The highest BCUT2D eigenvalue weighted by atomic mass is 16.5. The fraction of sp³-hybridized carbons (Fsp3) is 0.316. The molecule has 2 aromatic heterocycles. The SMILES string of the molecule is OCC(O)c1nc(N2CCOCC2)cc(-n2ccc(-c3ccccc3)n2)n1. The highest BCUT2D eigenvalue weighted by Crippen LogP contribution is 2.22. The Balaban J connectivity index is 1.72. The molecule has 0 aliphatic carbocycles. The van der Waals surface area contributed by atoms with Crippen LogP contribution in [-0.2, 0) is 4.74 Å². The van der Waals surface area contributed by atoms with Gasteiger partial charge in [-0.25, -0.2) is 14.6 Å². The van der Waals surface area contributed by atoms with Gasteiger partial charge < -0.3 is 19.8 Å². The average Bonchev–Trinajstić information content (AvgIpc) is 3.24. The molecule has 8 nitrogen and oxygen atoms in total. The molecule has 3 aromatic rings. The van der Waals surface area contributed by atoms with Crippen LogP contribution < -0.4 is 4.90 Å². The summed E-state index contributed by atoms with van der Waals surface area (Å²) in [6, 6.07) is 13.6. The van der Waals surface area contributed by atoms with Crippen molar-refractivity contribution in [2.45, 2.75) is 6.10 Å². The summed E-state index contributed by atoms with van der Waals surface area (Å²) in [4.78, 5) is 10.9. The third-order valence-electron chi connectivity index (χ3n) is 4.42. The lowest BCUT2D eigenvalue weighted by molar-refractivity contribution is 0.0884. The molecule has 1 aromatic carbocycles. The van der Waals surface area contributed by atoms with E-state index in [1.165, 1.54) is 0 Å². The Hall–Kier alpha value is -2.81. The Kier molecular flexibility index (Phi) is 5.10. The van der Waals surface area contributed by atoms with Crippen LogP contribution in [0.1, 0.15) is 11.9 Å². The summed E-state index contributed by atoms with van der Waals surface area (Å²) in [6.07, 6.45) is 0.678. The van der Waals surface area contributed by atoms with Gasteiger partial charge >= 0.3 is 0 Å². The lowest BCUT2D eigenvalue weighted by Gasteiger charge is -2.28. The summed E-state index contributed by atoms with van der Waals surface area (Å²) in [5.41, 5.74) is 1.83. The van der Waals surface area contributed by atoms with Gasteiger partial charge in [0, 0.05) is 30.9 Å². The first kappa shape index (κ1) is 17.6. The highest BCUT2D eigenvalue weighted by molar-refractivity contribution is 5.58. The minimum absolute atomic E-state index is 0.174. The van der Waals surface area contributed by atoms with Gasteiger partial charge in [-0.2, -0.15) is 5.10 Å². The largest absolute Gasteiger partial charge is 0.393 e. The van der Waals surface area contributed by atoms with E-state index in [-0.39, 0.29) is 5.82 Å². The Morgan fingerprint density at radius 3 is 2.52 bits per heavy atom. The van der Waals surface area contributed by atoms with Crippen molar-refractivity contribution >= 4 is 5.82 Å². The predicted molar refractivity (Wildman–Crippen MR) is 99.7 cm³/mol. The molecule has 1 unspecified atom stereocenters. The van der Waals surface area contributed by atoms with Gasteiger partial charge in [0.2, 0.25) is 0 Å². The number of aromatic nitrogens is 4. The molecule has 1 atom stereocenters. The van der Waals surface area contributed by atoms with Crippen LogP contribution in [0, 0.1) is 0 Å². The number of benzene rings is 1. The van der Waals surface area contributed by atoms with Crippen molar-refractivity contribution < 1.29 is 14.9 Å². The number of morpholine rings is 1. The molecule has 2 N–H and O–H groups in total. The van der Waals surface area contributed by atoms with Gasteiger partial charge in [0.15, 0.2) is 11.6 Å². The maximum Gasteiger partial charge on any atom is 0.164 e. The van der Waals surface area contributed by atoms with Gasteiger partial charge in [-0.05, 0) is 6.07 Å². The molecule has 4 rings (SSSR count). The van der Waals surface area contributed by atoms with Gasteiger partial charge in [0.05, 0.1) is 25.5 Å². The lowest BCUT2D eigenvalue weighted by atomic mass is 10.2. The Bertz CT molecular complexity index is 893. The Morgan fingerprint density at radius 1 is 1.04 bits per heavy atom. The van der Waals surface area contributed by atoms with E-state index >= 15 is 0 Å². The van der Waals surface area contributed by atoms with E-state index in [9.17, 15) is 10.2 Å². The van der Waals surface area contributed by atoms with E-state index in [1.54, 1.807) is 4.68 Å². The van der Waals surface area contributed by atoms with Crippen LogP contribution in [0.25, 0.3) is 17.1 Å². The minimum atomic E-state index is -1.14. The third kappa shape index (κ3) is 3.82. The molecule has 0 saturated carbocycles. The van der Waals surface area contributed by atoms with Crippen LogP contribution in [-0.4, -0.2) is 62.9 Å². The number of aliphatic hydroxyl groups is 2. The van der Waals surface area contributed by atoms with Crippen LogP contribution >= 0.6 is 0 Å². The molecule has 0 amide bonds. The molecule has 0 radical (unpaired) electrons. The second kappa shape index (κ2) is 7.83. The molecule has 27 heavy (non-hydrogen) atoms. The molecule has 140 valence electrons. The normalized spacial score (nSPS) is 15.7. The zero-order chi connectivity index (χ0) is 18.6. The average molecular weight is 367 g/mol. The Labute approximate surface area is 156 Å². The van der Waals surface area contributed by atoms with Crippen LogP contribution in [0.15, 0.2) is 48.7 Å². The van der Waals surface area contributed by atoms with Crippen LogP contribution in [0.2, 0.25) is 0 Å². The standard InChI is InChI=1S/C19H21N5O3/c25-13-16(26)19-20-17(23-8-10-27-11-9-23)12-18(21-19)24-7-6-15(22-24)14-4-2-1-3-5-14/h1-7,12,16,25-26H,8-11,13H2. The lowest BCUT2D eigenvalue weighted by Crippen LogP contribution is -2.37. The van der Waals surface area contributed by atoms with E-state index in [0.717, 1.165) is 11.3 Å². The maximum atomic E-state index is 10.1. The van der Waals surface area contributed by atoms with E-state index < -0.39 is 12.7 Å². The topological polar surface area (TPSA) is 96.5 Å². The summed E-state index contributed by atoms with van der Waals surface area (Å²) in [6.45, 7) is 2.22. The first-order valence-electron chi connectivity index (χ1n) is 8.86. The van der Waals surface area contributed by atoms with Crippen molar-refractivity contribution in [3.63, 3.8) is 0 Å². The molecule has 3 heterocycles. The molecule has 1 aliphatic heterocycles. The van der Waals surface area contributed by atoms with E-state index in [2.05, 4.69) is 20.0 Å². The van der Waals surface area contributed by atoms with Gasteiger partial charge in [-0.3, -0.25) is 0 Å². The second-order valence-electron chi connectivity index (χ2n) is 6.25. The van der Waals surface area contributed by atoms with E-state index in [1.807, 2.05) is 48.7 Å². The number of hydrogen-bond donors (Lipinski definition) is 2. The molecule has 8 heteroatoms. The van der Waals surface area contributed by atoms with Gasteiger partial charge in [-0.15, -0.1) is 0 Å². The number of ether oxygens (including phenoxy) is 1. The monoisotopic (exact) mass is 367 g/mol. The number of hydrogen-bond acceptors (Lipinski definition) is 7. The van der Waals surface area contributed by atoms with Crippen molar-refractivity contribution in [3.05, 3.63) is 54.5 Å². The van der Waals surface area contributed by atoms with Crippen LogP contribution in [0.5, 0.6) is 0 Å². The quantitative estimate of drug-likeness (QED) is 0.699. The summed E-state index contributed by atoms with van der Waals surface area (Å²) in [5, 5.41) is 24.0. The third-order valence-corrected chi connectivity index (χ3v) is 4.42. The molecule has 1 saturated heterocycles. The van der Waals surface area contributed by atoms with Gasteiger partial charge in [0.1, 0.15) is 11.9 Å². The summed E-state index contributed by atoms with van der Waals surface area (Å²) in [7, 11) is 0. The predicted octanol–water partition coefficient (Wildman–Crippen LogP) is 1.19. The van der Waals surface area contributed by atoms with E-state index in [4.69, 9.17) is 4.74 Å². The van der Waals surface area contributed by atoms with Crippen LogP contribution in [0.3, 0.4) is 0 Å². The number of aliphatic hydroxyl groups excluding tert-OH is 2. The number of nitrogens with zero attached hydrogens (tertiary/aromatic N) is 5. The van der Waals surface area contributed by atoms with Crippen molar-refractivity contribution in [1.29, 1.82) is 0 Å². The zero-order valence-corrected chi connectivity index (χ0v) is 14.8. The fourth-order valence-electron chi connectivity index (χ4n) is 2.96. The zero-order valence-electron chi connectivity index (χ0n) is 14.8. The Morgan fingerprint density at radius 2 is 1.78 bits per heavy atom. The van der Waals surface area contributed by atoms with Crippen molar-refractivity contribution in [1.82, 2.24) is 19.7 Å². The summed E-state index contributed by atoms with van der Waals surface area (Å²) >= 11 is 0. The molecule has 0 bridgehead atoms. The molecule has 0 spiro atoms. The second-order valence-corrected chi connectivity index (χ2v) is 6.25. The van der Waals surface area contributed by atoms with Crippen molar-refractivity contribution in [2.75, 3.05) is 37.8 Å². The van der Waals surface area contributed by atoms with Gasteiger partial charge in [0.25, 0.3) is 0 Å².